The molecule has 0 unspecified atom stereocenters. The summed E-state index contributed by atoms with van der Waals surface area (Å²) < 4.78 is 37.0. The van der Waals surface area contributed by atoms with E-state index < -0.39 is 18.6 Å². The van der Waals surface area contributed by atoms with E-state index in [4.69, 9.17) is 0 Å². The number of halogens is 3. The minimum absolute atomic E-state index is 0.378. The van der Waals surface area contributed by atoms with E-state index in [9.17, 15) is 18.0 Å². The van der Waals surface area contributed by atoms with Crippen LogP contribution in [0.5, 0.6) is 0 Å². The lowest BCUT2D eigenvalue weighted by Crippen LogP contribution is -2.37. The number of carbonyl (C=O) groups is 1. The van der Waals surface area contributed by atoms with Crippen molar-refractivity contribution in [1.82, 2.24) is 9.99 Å². The zero-order valence-corrected chi connectivity index (χ0v) is 9.56. The molecule has 0 fully saturated rings. The van der Waals surface area contributed by atoms with Crippen LogP contribution in [0.25, 0.3) is 0 Å². The minimum Gasteiger partial charge on any atom is -0.300 e. The maximum absolute atomic E-state index is 11.8. The number of carbonyl (C=O) groups excluding carboxylic acids is 1. The molecule has 0 aromatic carbocycles. The van der Waals surface area contributed by atoms with Crippen molar-refractivity contribution in [3.8, 4) is 0 Å². The molecule has 1 aromatic heterocycles. The van der Waals surface area contributed by atoms with Crippen molar-refractivity contribution in [3.63, 3.8) is 0 Å². The summed E-state index contributed by atoms with van der Waals surface area (Å²) in [6, 6.07) is 3.61. The summed E-state index contributed by atoms with van der Waals surface area (Å²) in [5, 5.41) is 2.03. The Morgan fingerprint density at radius 3 is 2.29 bits per heavy atom. The fourth-order valence-electron chi connectivity index (χ4n) is 1.33. The monoisotopic (exact) mass is 249 g/mol. The summed E-state index contributed by atoms with van der Waals surface area (Å²) in [6.45, 7) is 2.02. The van der Waals surface area contributed by atoms with Crippen LogP contribution in [0.3, 0.4) is 0 Å². The molecule has 0 aliphatic heterocycles. The fraction of sp³-hybridized carbons (Fsp3) is 0.500. The Morgan fingerprint density at radius 1 is 1.29 bits per heavy atom. The van der Waals surface area contributed by atoms with E-state index in [1.165, 1.54) is 4.68 Å². The van der Waals surface area contributed by atoms with Gasteiger partial charge in [0.25, 0.3) is 5.91 Å². The highest BCUT2D eigenvalue weighted by molar-refractivity contribution is 5.85. The fourth-order valence-corrected chi connectivity index (χ4v) is 1.33. The van der Waals surface area contributed by atoms with E-state index in [0.29, 0.717) is 0 Å². The van der Waals surface area contributed by atoms with Gasteiger partial charge in [0.05, 0.1) is 13.1 Å². The Balaban J connectivity index is 2.41. The Bertz CT molecular complexity index is 378. The molecule has 0 aliphatic rings. The summed E-state index contributed by atoms with van der Waals surface area (Å²) in [7, 11) is 0. The molecule has 0 bridgehead atoms. The van der Waals surface area contributed by atoms with E-state index in [1.54, 1.807) is 26.0 Å². The Morgan fingerprint density at radius 2 is 1.82 bits per heavy atom. The molecule has 0 atom stereocenters. The Hall–Kier alpha value is -1.50. The Kier molecular flexibility index (Phi) is 4.17. The predicted octanol–water partition coefficient (Wildman–Crippen LogP) is 1.33. The van der Waals surface area contributed by atoms with Gasteiger partial charge in [0.1, 0.15) is 0 Å². The molecule has 17 heavy (non-hydrogen) atoms. The van der Waals surface area contributed by atoms with E-state index >= 15 is 0 Å². The molecule has 0 saturated carbocycles. The van der Waals surface area contributed by atoms with E-state index in [1.807, 2.05) is 5.32 Å². The standard InChI is InChI=1S/C10H14F3N3O/c1-7-3-4-8(2)16(7)15-9(17)5-14-6-10(11,12)13/h3-4,14H,5-6H2,1-2H3,(H,15,17). The van der Waals surface area contributed by atoms with E-state index in [-0.39, 0.29) is 6.54 Å². The molecule has 0 saturated heterocycles. The first-order chi connectivity index (χ1) is 7.79. The number of hydrogen-bond donors (Lipinski definition) is 2. The van der Waals surface area contributed by atoms with Crippen LogP contribution in [0.15, 0.2) is 12.1 Å². The maximum Gasteiger partial charge on any atom is 0.401 e. The SMILES string of the molecule is Cc1ccc(C)n1NC(=O)CNCC(F)(F)F. The van der Waals surface area contributed by atoms with Gasteiger partial charge in [0.15, 0.2) is 0 Å². The van der Waals surface area contributed by atoms with Crippen molar-refractivity contribution >= 4 is 5.91 Å². The third kappa shape index (κ3) is 4.48. The van der Waals surface area contributed by atoms with Gasteiger partial charge in [-0.15, -0.1) is 0 Å². The molecule has 1 amide bonds. The molecule has 1 aromatic rings. The van der Waals surface area contributed by atoms with Crippen molar-refractivity contribution in [2.24, 2.45) is 0 Å². The molecule has 7 heteroatoms. The van der Waals surface area contributed by atoms with Gasteiger partial charge in [-0.05, 0) is 26.0 Å². The number of amides is 1. The van der Waals surface area contributed by atoms with Crippen LogP contribution < -0.4 is 10.7 Å². The first kappa shape index (κ1) is 13.6. The van der Waals surface area contributed by atoms with Crippen LogP contribution >= 0.6 is 0 Å². The highest BCUT2D eigenvalue weighted by Crippen LogP contribution is 2.11. The van der Waals surface area contributed by atoms with Gasteiger partial charge in [-0.25, -0.2) is 0 Å². The van der Waals surface area contributed by atoms with Crippen molar-refractivity contribution < 1.29 is 18.0 Å². The topological polar surface area (TPSA) is 46.1 Å². The average Bonchev–Trinajstić information content (AvgIpc) is 2.47. The number of nitrogens with zero attached hydrogens (tertiary/aromatic N) is 1. The first-order valence-corrected chi connectivity index (χ1v) is 5.02. The summed E-state index contributed by atoms with van der Waals surface area (Å²) in [5.41, 5.74) is 4.12. The summed E-state index contributed by atoms with van der Waals surface area (Å²) in [6.07, 6.45) is -4.31. The molecule has 2 N–H and O–H groups in total. The molecule has 0 aliphatic carbocycles. The molecular formula is C10H14F3N3O. The highest BCUT2D eigenvalue weighted by Gasteiger charge is 2.26. The smallest absolute Gasteiger partial charge is 0.300 e. The number of aryl methyl sites for hydroxylation is 2. The van der Waals surface area contributed by atoms with Gasteiger partial charge in [0.2, 0.25) is 0 Å². The van der Waals surface area contributed by atoms with Gasteiger partial charge in [-0.3, -0.25) is 14.9 Å². The number of hydrogen-bond acceptors (Lipinski definition) is 2. The molecule has 96 valence electrons. The van der Waals surface area contributed by atoms with Crippen molar-refractivity contribution in [3.05, 3.63) is 23.5 Å². The lowest BCUT2D eigenvalue weighted by atomic mass is 10.5. The third-order valence-electron chi connectivity index (χ3n) is 2.12. The zero-order valence-electron chi connectivity index (χ0n) is 9.56. The summed E-state index contributed by atoms with van der Waals surface area (Å²) in [5.74, 6) is -0.517. The number of aromatic nitrogens is 1. The normalized spacial score (nSPS) is 11.6. The van der Waals surface area contributed by atoms with E-state index in [2.05, 4.69) is 5.43 Å². The number of nitrogens with one attached hydrogen (secondary N) is 2. The number of alkyl halides is 3. The molecular weight excluding hydrogens is 235 g/mol. The van der Waals surface area contributed by atoms with Crippen LogP contribution in [0.2, 0.25) is 0 Å². The van der Waals surface area contributed by atoms with Gasteiger partial charge in [-0.2, -0.15) is 13.2 Å². The lowest BCUT2D eigenvalue weighted by molar-refractivity contribution is -0.127. The first-order valence-electron chi connectivity index (χ1n) is 5.02. The van der Waals surface area contributed by atoms with Crippen molar-refractivity contribution in [1.29, 1.82) is 0 Å². The van der Waals surface area contributed by atoms with E-state index in [0.717, 1.165) is 11.4 Å². The largest absolute Gasteiger partial charge is 0.401 e. The van der Waals surface area contributed by atoms with Crippen molar-refractivity contribution in [2.45, 2.75) is 20.0 Å². The summed E-state index contributed by atoms with van der Waals surface area (Å²) in [4.78, 5) is 11.3. The average molecular weight is 249 g/mol. The lowest BCUT2D eigenvalue weighted by Gasteiger charge is -2.12. The predicted molar refractivity (Wildman–Crippen MR) is 57.2 cm³/mol. The molecule has 1 heterocycles. The second kappa shape index (κ2) is 5.22. The Labute approximate surface area is 96.8 Å². The highest BCUT2D eigenvalue weighted by atomic mass is 19.4. The second-order valence-electron chi connectivity index (χ2n) is 3.71. The minimum atomic E-state index is -4.31. The molecule has 4 nitrogen and oxygen atoms in total. The summed E-state index contributed by atoms with van der Waals surface area (Å²) >= 11 is 0. The van der Waals surface area contributed by atoms with Crippen LogP contribution in [-0.2, 0) is 4.79 Å². The van der Waals surface area contributed by atoms with Gasteiger partial charge >= 0.3 is 6.18 Å². The zero-order chi connectivity index (χ0) is 13.1. The van der Waals surface area contributed by atoms with Gasteiger partial charge < -0.3 is 5.32 Å². The molecule has 0 spiro atoms. The van der Waals surface area contributed by atoms with Crippen LogP contribution in [0.1, 0.15) is 11.4 Å². The quantitative estimate of drug-likeness (QED) is 0.845. The van der Waals surface area contributed by atoms with Crippen LogP contribution in [0, 0.1) is 13.8 Å². The maximum atomic E-state index is 11.8. The van der Waals surface area contributed by atoms with Crippen LogP contribution in [0.4, 0.5) is 13.2 Å². The van der Waals surface area contributed by atoms with Crippen molar-refractivity contribution in [2.75, 3.05) is 18.5 Å². The molecule has 1 rings (SSSR count). The van der Waals surface area contributed by atoms with Crippen LogP contribution in [-0.4, -0.2) is 29.8 Å². The van der Waals surface area contributed by atoms with Gasteiger partial charge in [-0.1, -0.05) is 0 Å². The second-order valence-corrected chi connectivity index (χ2v) is 3.71. The van der Waals surface area contributed by atoms with Gasteiger partial charge in [0, 0.05) is 11.4 Å². The number of rotatable bonds is 4. The third-order valence-corrected chi connectivity index (χ3v) is 2.12. The molecule has 0 radical (unpaired) electrons.